The summed E-state index contributed by atoms with van der Waals surface area (Å²) in [4.78, 5) is 14.8. The number of anilines is 1. The second-order valence-electron chi connectivity index (χ2n) is 7.03. The molecule has 27 heavy (non-hydrogen) atoms. The first-order valence-electron chi connectivity index (χ1n) is 9.12. The summed E-state index contributed by atoms with van der Waals surface area (Å²) in [6.07, 6.45) is 2.09. The summed E-state index contributed by atoms with van der Waals surface area (Å²) in [5.74, 6) is -0.998. The van der Waals surface area contributed by atoms with Crippen LogP contribution in [0.15, 0.2) is 53.4 Å². The number of amides is 1. The fraction of sp³-hybridized carbons (Fsp3) is 0.350. The molecule has 5 nitrogen and oxygen atoms in total. The van der Waals surface area contributed by atoms with Crippen molar-refractivity contribution < 1.29 is 17.6 Å². The van der Waals surface area contributed by atoms with Gasteiger partial charge in [-0.25, -0.2) is 12.8 Å². The van der Waals surface area contributed by atoms with E-state index in [2.05, 4.69) is 0 Å². The van der Waals surface area contributed by atoms with E-state index in [9.17, 15) is 17.6 Å². The monoisotopic (exact) mass is 388 g/mol. The molecule has 1 saturated heterocycles. The number of hydrogen-bond donors (Lipinski definition) is 0. The molecule has 2 aliphatic heterocycles. The van der Waals surface area contributed by atoms with Gasteiger partial charge in [-0.3, -0.25) is 4.79 Å². The van der Waals surface area contributed by atoms with Crippen molar-refractivity contribution in [1.29, 1.82) is 0 Å². The SMILES string of the molecule is O=C([C@@H]1CCCN(S(=O)(=O)c2cccc(F)c2)C1)N1CCc2ccccc21. The number of nitrogens with zero attached hydrogens (tertiary/aromatic N) is 2. The molecule has 142 valence electrons. The third kappa shape index (κ3) is 3.37. The van der Waals surface area contributed by atoms with Gasteiger partial charge in [0.15, 0.2) is 0 Å². The Bertz CT molecular complexity index is 977. The van der Waals surface area contributed by atoms with Gasteiger partial charge < -0.3 is 4.90 Å². The quantitative estimate of drug-likeness (QED) is 0.812. The van der Waals surface area contributed by atoms with Gasteiger partial charge in [-0.15, -0.1) is 0 Å². The third-order valence-electron chi connectivity index (χ3n) is 5.32. The summed E-state index contributed by atoms with van der Waals surface area (Å²) in [6, 6.07) is 12.8. The zero-order valence-electron chi connectivity index (χ0n) is 14.8. The molecule has 7 heteroatoms. The second-order valence-corrected chi connectivity index (χ2v) is 8.97. The molecule has 0 saturated carbocycles. The Kier molecular flexibility index (Phi) is 4.74. The summed E-state index contributed by atoms with van der Waals surface area (Å²) in [5, 5.41) is 0. The largest absolute Gasteiger partial charge is 0.312 e. The molecule has 0 aromatic heterocycles. The molecule has 0 radical (unpaired) electrons. The van der Waals surface area contributed by atoms with Crippen molar-refractivity contribution in [2.75, 3.05) is 24.5 Å². The Morgan fingerprint density at radius 3 is 2.70 bits per heavy atom. The number of carbonyl (C=O) groups excluding carboxylic acids is 1. The maximum absolute atomic E-state index is 13.5. The van der Waals surface area contributed by atoms with E-state index in [-0.39, 0.29) is 23.3 Å². The lowest BCUT2D eigenvalue weighted by molar-refractivity contribution is -0.123. The van der Waals surface area contributed by atoms with Crippen LogP contribution in [0.5, 0.6) is 0 Å². The van der Waals surface area contributed by atoms with Crippen LogP contribution in [0.3, 0.4) is 0 Å². The first-order chi connectivity index (χ1) is 13.0. The predicted octanol–water partition coefficient (Wildman–Crippen LogP) is 2.82. The summed E-state index contributed by atoms with van der Waals surface area (Å²) >= 11 is 0. The Labute approximate surface area is 158 Å². The third-order valence-corrected chi connectivity index (χ3v) is 7.18. The summed E-state index contributed by atoms with van der Waals surface area (Å²) in [5.41, 5.74) is 2.07. The number of rotatable bonds is 3. The van der Waals surface area contributed by atoms with E-state index in [1.54, 1.807) is 4.90 Å². The fourth-order valence-electron chi connectivity index (χ4n) is 3.93. The van der Waals surface area contributed by atoms with Crippen molar-refractivity contribution in [2.45, 2.75) is 24.2 Å². The summed E-state index contributed by atoms with van der Waals surface area (Å²) in [6.45, 7) is 1.11. The van der Waals surface area contributed by atoms with Crippen molar-refractivity contribution in [3.63, 3.8) is 0 Å². The molecule has 0 bridgehead atoms. The summed E-state index contributed by atoms with van der Waals surface area (Å²) < 4.78 is 40.5. The maximum atomic E-state index is 13.5. The molecule has 1 amide bonds. The number of para-hydroxylation sites is 1. The number of fused-ring (bicyclic) bond motifs is 1. The van der Waals surface area contributed by atoms with E-state index in [1.807, 2.05) is 24.3 Å². The molecule has 4 rings (SSSR count). The Morgan fingerprint density at radius 1 is 1.07 bits per heavy atom. The molecular weight excluding hydrogens is 367 g/mol. The fourth-order valence-corrected chi connectivity index (χ4v) is 5.48. The number of benzene rings is 2. The van der Waals surface area contributed by atoms with E-state index in [0.29, 0.717) is 25.9 Å². The van der Waals surface area contributed by atoms with Crippen molar-refractivity contribution in [2.24, 2.45) is 5.92 Å². The smallest absolute Gasteiger partial charge is 0.243 e. The van der Waals surface area contributed by atoms with E-state index in [1.165, 1.54) is 22.5 Å². The molecule has 1 atom stereocenters. The normalized spacial score (nSPS) is 20.5. The van der Waals surface area contributed by atoms with Crippen LogP contribution in [-0.2, 0) is 21.2 Å². The van der Waals surface area contributed by atoms with Crippen molar-refractivity contribution in [3.8, 4) is 0 Å². The number of sulfonamides is 1. The van der Waals surface area contributed by atoms with Gasteiger partial charge in [0, 0.05) is 25.3 Å². The minimum atomic E-state index is -3.81. The van der Waals surface area contributed by atoms with Gasteiger partial charge in [-0.05, 0) is 49.1 Å². The first-order valence-corrected chi connectivity index (χ1v) is 10.6. The molecule has 1 fully saturated rings. The maximum Gasteiger partial charge on any atom is 0.243 e. The first kappa shape index (κ1) is 18.1. The van der Waals surface area contributed by atoms with Gasteiger partial charge >= 0.3 is 0 Å². The zero-order valence-corrected chi connectivity index (χ0v) is 15.7. The standard InChI is InChI=1S/C20H21FN2O3S/c21-17-7-3-8-18(13-17)27(25,26)22-11-4-6-16(14-22)20(24)23-12-10-15-5-1-2-9-19(15)23/h1-3,5,7-9,13,16H,4,6,10-12,14H2/t16-/m1/s1. The molecule has 0 spiro atoms. The lowest BCUT2D eigenvalue weighted by Gasteiger charge is -2.33. The van der Waals surface area contributed by atoms with Gasteiger partial charge in [0.05, 0.1) is 10.8 Å². The van der Waals surface area contributed by atoms with E-state index >= 15 is 0 Å². The van der Waals surface area contributed by atoms with Gasteiger partial charge in [-0.2, -0.15) is 4.31 Å². The number of hydrogen-bond acceptors (Lipinski definition) is 3. The minimum absolute atomic E-state index is 0.0286. The van der Waals surface area contributed by atoms with Crippen LogP contribution in [-0.4, -0.2) is 38.3 Å². The van der Waals surface area contributed by atoms with Crippen LogP contribution in [0.4, 0.5) is 10.1 Å². The van der Waals surface area contributed by atoms with Gasteiger partial charge in [0.25, 0.3) is 0 Å². The lowest BCUT2D eigenvalue weighted by Crippen LogP contribution is -2.46. The Morgan fingerprint density at radius 2 is 1.89 bits per heavy atom. The minimum Gasteiger partial charge on any atom is -0.312 e. The average molecular weight is 388 g/mol. The molecule has 2 aliphatic rings. The molecule has 2 heterocycles. The highest BCUT2D eigenvalue weighted by Crippen LogP contribution is 2.31. The molecule has 2 aromatic carbocycles. The number of carbonyl (C=O) groups is 1. The van der Waals surface area contributed by atoms with Crippen molar-refractivity contribution >= 4 is 21.6 Å². The van der Waals surface area contributed by atoms with Gasteiger partial charge in [-0.1, -0.05) is 24.3 Å². The molecule has 0 N–H and O–H groups in total. The summed E-state index contributed by atoms with van der Waals surface area (Å²) in [7, 11) is -3.81. The Balaban J connectivity index is 1.54. The van der Waals surface area contributed by atoms with Crippen LogP contribution < -0.4 is 4.90 Å². The van der Waals surface area contributed by atoms with Crippen molar-refractivity contribution in [3.05, 3.63) is 59.9 Å². The molecule has 2 aromatic rings. The van der Waals surface area contributed by atoms with Crippen molar-refractivity contribution in [1.82, 2.24) is 4.31 Å². The molecule has 0 aliphatic carbocycles. The molecular formula is C20H21FN2O3S. The zero-order chi connectivity index (χ0) is 19.0. The van der Waals surface area contributed by atoms with Crippen LogP contribution in [0.25, 0.3) is 0 Å². The Hall–Kier alpha value is -2.25. The van der Waals surface area contributed by atoms with Crippen LogP contribution in [0.2, 0.25) is 0 Å². The predicted molar refractivity (Wildman–Crippen MR) is 100 cm³/mol. The van der Waals surface area contributed by atoms with E-state index in [4.69, 9.17) is 0 Å². The van der Waals surface area contributed by atoms with Crippen LogP contribution in [0.1, 0.15) is 18.4 Å². The number of halogens is 1. The van der Waals surface area contributed by atoms with Crippen LogP contribution in [0, 0.1) is 11.7 Å². The topological polar surface area (TPSA) is 57.7 Å². The highest BCUT2D eigenvalue weighted by Gasteiger charge is 2.36. The van der Waals surface area contributed by atoms with Gasteiger partial charge in [0.2, 0.25) is 15.9 Å². The van der Waals surface area contributed by atoms with E-state index < -0.39 is 15.8 Å². The average Bonchev–Trinajstić information content (AvgIpc) is 3.11. The van der Waals surface area contributed by atoms with E-state index in [0.717, 1.165) is 23.7 Å². The highest BCUT2D eigenvalue weighted by atomic mass is 32.2. The highest BCUT2D eigenvalue weighted by molar-refractivity contribution is 7.89. The van der Waals surface area contributed by atoms with Gasteiger partial charge in [0.1, 0.15) is 5.82 Å². The second kappa shape index (κ2) is 7.05. The number of piperidine rings is 1. The lowest BCUT2D eigenvalue weighted by atomic mass is 9.98. The molecule has 0 unspecified atom stereocenters. The van der Waals surface area contributed by atoms with Crippen LogP contribution >= 0.6 is 0 Å².